The lowest BCUT2D eigenvalue weighted by atomic mass is 10.0. The van der Waals surface area contributed by atoms with Gasteiger partial charge in [-0.1, -0.05) is 48.0 Å². The SMILES string of the molecule is CC(C)n1c(/C=C/C(O)CC(O)CC(=O)O)c(-c2ccc(Cl)cc2)c2ccccc21. The largest absolute Gasteiger partial charge is 0.481 e. The van der Waals surface area contributed by atoms with Crippen LogP contribution in [0.4, 0.5) is 0 Å². The molecule has 30 heavy (non-hydrogen) atoms. The fraction of sp³-hybridized carbons (Fsp3) is 0.292. The Balaban J connectivity index is 2.08. The normalized spacial score (nSPS) is 13.9. The average molecular weight is 428 g/mol. The van der Waals surface area contributed by atoms with Crippen molar-refractivity contribution in [3.63, 3.8) is 0 Å². The number of hydrogen-bond donors (Lipinski definition) is 3. The molecule has 0 spiro atoms. The number of carboxylic acid groups (broad SMARTS) is 1. The van der Waals surface area contributed by atoms with Gasteiger partial charge in [0.2, 0.25) is 0 Å². The molecule has 0 aliphatic rings. The van der Waals surface area contributed by atoms with E-state index in [-0.39, 0.29) is 12.5 Å². The second-order valence-corrected chi connectivity index (χ2v) is 8.10. The van der Waals surface area contributed by atoms with E-state index in [1.807, 2.05) is 42.5 Å². The van der Waals surface area contributed by atoms with Gasteiger partial charge in [-0.25, -0.2) is 0 Å². The Kier molecular flexibility index (Phi) is 6.98. The Morgan fingerprint density at radius 2 is 1.77 bits per heavy atom. The van der Waals surface area contributed by atoms with Crippen molar-refractivity contribution in [1.29, 1.82) is 0 Å². The number of benzene rings is 2. The van der Waals surface area contributed by atoms with E-state index in [4.69, 9.17) is 16.7 Å². The third-order valence-electron chi connectivity index (χ3n) is 5.00. The molecule has 0 fully saturated rings. The van der Waals surface area contributed by atoms with Crippen LogP contribution in [0, 0.1) is 0 Å². The first-order valence-electron chi connectivity index (χ1n) is 9.93. The van der Waals surface area contributed by atoms with Gasteiger partial charge in [0.05, 0.1) is 18.6 Å². The van der Waals surface area contributed by atoms with E-state index in [0.29, 0.717) is 5.02 Å². The first-order chi connectivity index (χ1) is 14.3. The highest BCUT2D eigenvalue weighted by Gasteiger charge is 2.19. The van der Waals surface area contributed by atoms with Crippen molar-refractivity contribution < 1.29 is 20.1 Å². The first-order valence-corrected chi connectivity index (χ1v) is 10.3. The predicted octanol–water partition coefficient (Wildman–Crippen LogP) is 5.14. The monoisotopic (exact) mass is 427 g/mol. The Morgan fingerprint density at radius 1 is 1.10 bits per heavy atom. The smallest absolute Gasteiger partial charge is 0.305 e. The number of aromatic nitrogens is 1. The Bertz CT molecular complexity index is 1050. The maximum Gasteiger partial charge on any atom is 0.305 e. The summed E-state index contributed by atoms with van der Waals surface area (Å²) in [6.45, 7) is 4.20. The van der Waals surface area contributed by atoms with Crippen LogP contribution in [0.25, 0.3) is 28.1 Å². The molecule has 158 valence electrons. The number of para-hydroxylation sites is 1. The van der Waals surface area contributed by atoms with Crippen LogP contribution in [0.2, 0.25) is 5.02 Å². The van der Waals surface area contributed by atoms with Crippen molar-refractivity contribution in [1.82, 2.24) is 4.57 Å². The number of rotatable bonds is 8. The highest BCUT2D eigenvalue weighted by Crippen LogP contribution is 2.38. The van der Waals surface area contributed by atoms with Crippen molar-refractivity contribution >= 4 is 34.5 Å². The number of aliphatic carboxylic acids is 1. The molecule has 2 atom stereocenters. The highest BCUT2D eigenvalue weighted by molar-refractivity contribution is 6.30. The molecule has 0 aliphatic carbocycles. The molecule has 0 aliphatic heterocycles. The van der Waals surface area contributed by atoms with Gasteiger partial charge in [-0.2, -0.15) is 0 Å². The average Bonchev–Trinajstić information content (AvgIpc) is 3.00. The number of aliphatic hydroxyl groups excluding tert-OH is 2. The minimum atomic E-state index is -1.10. The zero-order valence-electron chi connectivity index (χ0n) is 17.0. The van der Waals surface area contributed by atoms with Crippen molar-refractivity contribution in [2.24, 2.45) is 0 Å². The maximum absolute atomic E-state index is 10.7. The highest BCUT2D eigenvalue weighted by atomic mass is 35.5. The van der Waals surface area contributed by atoms with E-state index < -0.39 is 24.6 Å². The summed E-state index contributed by atoms with van der Waals surface area (Å²) in [4.78, 5) is 10.7. The van der Waals surface area contributed by atoms with Crippen LogP contribution in [0.1, 0.15) is 38.4 Å². The number of carboxylic acids is 1. The van der Waals surface area contributed by atoms with Crippen LogP contribution < -0.4 is 0 Å². The van der Waals surface area contributed by atoms with Gasteiger partial charge < -0.3 is 19.9 Å². The molecule has 2 aromatic carbocycles. The second kappa shape index (κ2) is 9.47. The van der Waals surface area contributed by atoms with Crippen LogP contribution >= 0.6 is 11.6 Å². The molecule has 6 heteroatoms. The van der Waals surface area contributed by atoms with Crippen molar-refractivity contribution in [2.45, 2.75) is 44.9 Å². The summed E-state index contributed by atoms with van der Waals surface area (Å²) >= 11 is 6.08. The van der Waals surface area contributed by atoms with Gasteiger partial charge >= 0.3 is 5.97 Å². The summed E-state index contributed by atoms with van der Waals surface area (Å²) in [7, 11) is 0. The topological polar surface area (TPSA) is 82.7 Å². The van der Waals surface area contributed by atoms with Crippen LogP contribution in [0.3, 0.4) is 0 Å². The molecule has 0 bridgehead atoms. The van der Waals surface area contributed by atoms with Gasteiger partial charge in [-0.15, -0.1) is 0 Å². The number of fused-ring (bicyclic) bond motifs is 1. The fourth-order valence-corrected chi connectivity index (χ4v) is 3.89. The molecule has 3 rings (SSSR count). The third kappa shape index (κ3) is 4.93. The van der Waals surface area contributed by atoms with E-state index in [1.54, 1.807) is 6.08 Å². The second-order valence-electron chi connectivity index (χ2n) is 7.66. The standard InChI is InChI=1S/C24H26ClNO4/c1-15(2)26-21-6-4-3-5-20(21)24(16-7-9-17(25)10-8-16)22(26)12-11-18(27)13-19(28)14-23(29)30/h3-12,15,18-19,27-28H,13-14H2,1-2H3,(H,29,30)/b12-11+. The summed E-state index contributed by atoms with van der Waals surface area (Å²) in [6, 6.07) is 15.9. The number of nitrogens with zero attached hydrogens (tertiary/aromatic N) is 1. The Labute approximate surface area is 180 Å². The lowest BCUT2D eigenvalue weighted by Gasteiger charge is -2.15. The molecule has 0 saturated carbocycles. The van der Waals surface area contributed by atoms with E-state index in [0.717, 1.165) is 27.7 Å². The summed E-state index contributed by atoms with van der Waals surface area (Å²) in [5.74, 6) is -1.09. The minimum Gasteiger partial charge on any atom is -0.481 e. The number of halogens is 1. The van der Waals surface area contributed by atoms with Crippen molar-refractivity contribution in [2.75, 3.05) is 0 Å². The summed E-state index contributed by atoms with van der Waals surface area (Å²) < 4.78 is 2.20. The molecule has 3 N–H and O–H groups in total. The fourth-order valence-electron chi connectivity index (χ4n) is 3.77. The van der Waals surface area contributed by atoms with E-state index in [1.165, 1.54) is 0 Å². The molecule has 0 amide bonds. The molecule has 0 saturated heterocycles. The van der Waals surface area contributed by atoms with E-state index in [2.05, 4.69) is 30.5 Å². The lowest BCUT2D eigenvalue weighted by Crippen LogP contribution is -2.19. The summed E-state index contributed by atoms with van der Waals surface area (Å²) in [5.41, 5.74) is 4.05. The number of aliphatic hydroxyl groups is 2. The lowest BCUT2D eigenvalue weighted by molar-refractivity contribution is -0.139. The molecule has 5 nitrogen and oxygen atoms in total. The minimum absolute atomic E-state index is 0.0407. The molecular weight excluding hydrogens is 402 g/mol. The van der Waals surface area contributed by atoms with Gasteiger partial charge in [0.25, 0.3) is 0 Å². The van der Waals surface area contributed by atoms with Crippen LogP contribution in [-0.4, -0.2) is 38.1 Å². The van der Waals surface area contributed by atoms with Gasteiger partial charge in [0.1, 0.15) is 0 Å². The zero-order valence-corrected chi connectivity index (χ0v) is 17.8. The van der Waals surface area contributed by atoms with E-state index in [9.17, 15) is 15.0 Å². The van der Waals surface area contributed by atoms with Gasteiger partial charge in [0.15, 0.2) is 0 Å². The summed E-state index contributed by atoms with van der Waals surface area (Å²) in [5, 5.41) is 30.7. The predicted molar refractivity (Wildman–Crippen MR) is 121 cm³/mol. The zero-order chi connectivity index (χ0) is 21.8. The summed E-state index contributed by atoms with van der Waals surface area (Å²) in [6.07, 6.45) is 0.957. The Hall–Kier alpha value is -2.60. The van der Waals surface area contributed by atoms with Crippen molar-refractivity contribution in [3.05, 3.63) is 65.3 Å². The Morgan fingerprint density at radius 3 is 2.40 bits per heavy atom. The maximum atomic E-state index is 10.7. The first kappa shape index (κ1) is 22.1. The van der Waals surface area contributed by atoms with Crippen LogP contribution in [0.5, 0.6) is 0 Å². The van der Waals surface area contributed by atoms with Gasteiger partial charge in [0, 0.05) is 39.6 Å². The van der Waals surface area contributed by atoms with Gasteiger partial charge in [-0.3, -0.25) is 4.79 Å². The van der Waals surface area contributed by atoms with Crippen LogP contribution in [-0.2, 0) is 4.79 Å². The van der Waals surface area contributed by atoms with Crippen LogP contribution in [0.15, 0.2) is 54.6 Å². The molecular formula is C24H26ClNO4. The molecule has 0 radical (unpaired) electrons. The van der Waals surface area contributed by atoms with E-state index >= 15 is 0 Å². The van der Waals surface area contributed by atoms with Crippen molar-refractivity contribution in [3.8, 4) is 11.1 Å². The molecule has 1 heterocycles. The number of carbonyl (C=O) groups is 1. The number of hydrogen-bond acceptors (Lipinski definition) is 3. The molecule has 3 aromatic rings. The molecule has 1 aromatic heterocycles. The quantitative estimate of drug-likeness (QED) is 0.464. The third-order valence-corrected chi connectivity index (χ3v) is 5.25. The molecule has 2 unspecified atom stereocenters. The van der Waals surface area contributed by atoms with Gasteiger partial charge in [-0.05, 0) is 43.7 Å².